The first-order chi connectivity index (χ1) is 10.8. The highest BCUT2D eigenvalue weighted by molar-refractivity contribution is 7.89. The predicted octanol–water partition coefficient (Wildman–Crippen LogP) is 0.345. The molecule has 1 fully saturated rings. The number of nitrogens with two attached hydrogens (primary N) is 1. The Balaban J connectivity index is 2.04. The summed E-state index contributed by atoms with van der Waals surface area (Å²) < 4.78 is 22.7. The third-order valence-electron chi connectivity index (χ3n) is 4.22. The van der Waals surface area contributed by atoms with Crippen molar-refractivity contribution in [2.45, 2.75) is 36.7 Å². The van der Waals surface area contributed by atoms with Crippen molar-refractivity contribution in [3.8, 4) is 0 Å². The van der Waals surface area contributed by atoms with Crippen molar-refractivity contribution in [2.75, 3.05) is 25.5 Å². The van der Waals surface area contributed by atoms with Crippen LogP contribution in [0.2, 0.25) is 0 Å². The van der Waals surface area contributed by atoms with Gasteiger partial charge in [-0.25, -0.2) is 13.6 Å². The number of nitrogens with zero attached hydrogens (tertiary/aromatic N) is 1. The van der Waals surface area contributed by atoms with E-state index in [4.69, 9.17) is 5.14 Å². The highest BCUT2D eigenvalue weighted by Crippen LogP contribution is 2.17. The normalized spacial score (nSPS) is 20.9. The van der Waals surface area contributed by atoms with Crippen LogP contribution in [0.15, 0.2) is 29.2 Å². The van der Waals surface area contributed by atoms with Crippen molar-refractivity contribution in [1.29, 1.82) is 0 Å². The van der Waals surface area contributed by atoms with Crippen LogP contribution < -0.4 is 15.8 Å². The summed E-state index contributed by atoms with van der Waals surface area (Å²) in [5, 5.41) is 11.1. The summed E-state index contributed by atoms with van der Waals surface area (Å²) in [5.74, 6) is -0.159. The largest absolute Gasteiger partial charge is 0.325 e. The minimum atomic E-state index is -3.78. The molecule has 2 unspecified atom stereocenters. The van der Waals surface area contributed by atoms with Crippen LogP contribution in [-0.2, 0) is 14.8 Å². The van der Waals surface area contributed by atoms with Crippen LogP contribution in [0.4, 0.5) is 5.69 Å². The van der Waals surface area contributed by atoms with E-state index < -0.39 is 10.0 Å². The molecule has 1 heterocycles. The maximum atomic E-state index is 12.4. The highest BCUT2D eigenvalue weighted by Gasteiger charge is 2.26. The van der Waals surface area contributed by atoms with Gasteiger partial charge in [-0.15, -0.1) is 0 Å². The molecule has 1 aromatic rings. The molecule has 1 amide bonds. The summed E-state index contributed by atoms with van der Waals surface area (Å²) in [6, 6.07) is 6.07. The summed E-state index contributed by atoms with van der Waals surface area (Å²) in [7, 11) is -1.85. The Bertz CT molecular complexity index is 662. The van der Waals surface area contributed by atoms with Crippen molar-refractivity contribution >= 4 is 21.6 Å². The van der Waals surface area contributed by atoms with E-state index >= 15 is 0 Å². The van der Waals surface area contributed by atoms with Crippen LogP contribution in [0.25, 0.3) is 0 Å². The first-order valence-corrected chi connectivity index (χ1v) is 9.21. The molecule has 4 N–H and O–H groups in total. The predicted molar refractivity (Wildman–Crippen MR) is 89.6 cm³/mol. The van der Waals surface area contributed by atoms with Crippen LogP contribution >= 0.6 is 0 Å². The number of hydrogen-bond donors (Lipinski definition) is 3. The molecule has 128 valence electrons. The van der Waals surface area contributed by atoms with Crippen LogP contribution in [-0.4, -0.2) is 51.4 Å². The van der Waals surface area contributed by atoms with Gasteiger partial charge in [0.05, 0.1) is 10.9 Å². The molecule has 7 nitrogen and oxygen atoms in total. The Morgan fingerprint density at radius 3 is 2.83 bits per heavy atom. The van der Waals surface area contributed by atoms with Gasteiger partial charge in [0.25, 0.3) is 0 Å². The molecule has 0 spiro atoms. The van der Waals surface area contributed by atoms with Crippen molar-refractivity contribution < 1.29 is 13.2 Å². The van der Waals surface area contributed by atoms with Crippen LogP contribution in [0.1, 0.15) is 19.8 Å². The molecule has 0 aromatic heterocycles. The summed E-state index contributed by atoms with van der Waals surface area (Å²) in [6.07, 6.45) is 2.15. The number of anilines is 1. The highest BCUT2D eigenvalue weighted by atomic mass is 32.2. The van der Waals surface area contributed by atoms with Crippen LogP contribution in [0.5, 0.6) is 0 Å². The number of hydrogen-bond acceptors (Lipinski definition) is 5. The Morgan fingerprint density at radius 2 is 2.17 bits per heavy atom. The number of carbonyl (C=O) groups excluding carboxylic acids is 1. The molecule has 1 aliphatic heterocycles. The fourth-order valence-corrected chi connectivity index (χ4v) is 3.32. The molecule has 1 aliphatic rings. The van der Waals surface area contributed by atoms with E-state index in [0.717, 1.165) is 25.9 Å². The fourth-order valence-electron chi connectivity index (χ4n) is 2.76. The van der Waals surface area contributed by atoms with Gasteiger partial charge in [-0.3, -0.25) is 9.69 Å². The lowest BCUT2D eigenvalue weighted by Gasteiger charge is -2.35. The second kappa shape index (κ2) is 7.39. The van der Waals surface area contributed by atoms with Gasteiger partial charge in [-0.05, 0) is 51.6 Å². The molecular formula is C15H24N4O3S. The van der Waals surface area contributed by atoms with Gasteiger partial charge in [0.2, 0.25) is 15.9 Å². The molecule has 0 aliphatic carbocycles. The van der Waals surface area contributed by atoms with Gasteiger partial charge in [0, 0.05) is 18.3 Å². The fraction of sp³-hybridized carbons (Fsp3) is 0.533. The number of piperidine rings is 1. The van der Waals surface area contributed by atoms with E-state index in [1.807, 2.05) is 14.0 Å². The smallest absolute Gasteiger partial charge is 0.241 e. The molecule has 2 atom stereocenters. The number of rotatable bonds is 5. The van der Waals surface area contributed by atoms with Crippen LogP contribution in [0.3, 0.4) is 0 Å². The summed E-state index contributed by atoms with van der Waals surface area (Å²) in [6.45, 7) is 3.56. The van der Waals surface area contributed by atoms with Gasteiger partial charge in [-0.2, -0.15) is 0 Å². The van der Waals surface area contributed by atoms with Gasteiger partial charge >= 0.3 is 0 Å². The molecule has 1 saturated heterocycles. The first-order valence-electron chi connectivity index (χ1n) is 7.66. The lowest BCUT2D eigenvalue weighted by Crippen LogP contribution is -2.51. The summed E-state index contributed by atoms with van der Waals surface area (Å²) >= 11 is 0. The Labute approximate surface area is 137 Å². The van der Waals surface area contributed by atoms with Gasteiger partial charge in [0.1, 0.15) is 0 Å². The molecule has 23 heavy (non-hydrogen) atoms. The average molecular weight is 340 g/mol. The van der Waals surface area contributed by atoms with Gasteiger partial charge < -0.3 is 10.6 Å². The number of benzene rings is 1. The van der Waals surface area contributed by atoms with E-state index in [-0.39, 0.29) is 16.8 Å². The van der Waals surface area contributed by atoms with Crippen molar-refractivity contribution in [1.82, 2.24) is 10.2 Å². The Hall–Kier alpha value is -1.48. The zero-order valence-electron chi connectivity index (χ0n) is 13.5. The number of nitrogens with one attached hydrogen (secondary N) is 2. The average Bonchev–Trinajstić information content (AvgIpc) is 2.53. The SMILES string of the molecule is CNC1CCCN(C(C)C(=O)Nc2cccc(S(N)(=O)=O)c2)C1. The number of carbonyl (C=O) groups is 1. The Morgan fingerprint density at radius 1 is 1.43 bits per heavy atom. The minimum Gasteiger partial charge on any atom is -0.325 e. The molecule has 8 heteroatoms. The van der Waals surface area contributed by atoms with E-state index in [9.17, 15) is 13.2 Å². The zero-order valence-corrected chi connectivity index (χ0v) is 14.3. The summed E-state index contributed by atoms with van der Waals surface area (Å²) in [5.41, 5.74) is 0.426. The summed E-state index contributed by atoms with van der Waals surface area (Å²) in [4.78, 5) is 14.5. The first kappa shape index (κ1) is 17.9. The quantitative estimate of drug-likeness (QED) is 0.717. The molecule has 0 saturated carbocycles. The van der Waals surface area contributed by atoms with Crippen molar-refractivity contribution in [3.63, 3.8) is 0 Å². The molecule has 1 aromatic carbocycles. The van der Waals surface area contributed by atoms with Gasteiger partial charge in [0.15, 0.2) is 0 Å². The lowest BCUT2D eigenvalue weighted by molar-refractivity contribution is -0.121. The number of primary sulfonamides is 1. The molecular weight excluding hydrogens is 316 g/mol. The number of likely N-dealkylation sites (tertiary alicyclic amines) is 1. The van der Waals surface area contributed by atoms with Crippen LogP contribution in [0, 0.1) is 0 Å². The minimum absolute atomic E-state index is 0.0174. The lowest BCUT2D eigenvalue weighted by atomic mass is 10.0. The molecule has 0 radical (unpaired) electrons. The second-order valence-corrected chi connectivity index (χ2v) is 7.42. The van der Waals surface area contributed by atoms with Crippen molar-refractivity contribution in [2.24, 2.45) is 5.14 Å². The topological polar surface area (TPSA) is 105 Å². The van der Waals surface area contributed by atoms with E-state index in [1.165, 1.54) is 12.1 Å². The monoisotopic (exact) mass is 340 g/mol. The van der Waals surface area contributed by atoms with E-state index in [0.29, 0.717) is 11.7 Å². The number of likely N-dealkylation sites (N-methyl/N-ethyl adjacent to an activating group) is 1. The maximum absolute atomic E-state index is 12.4. The van der Waals surface area contributed by atoms with E-state index in [2.05, 4.69) is 15.5 Å². The number of amides is 1. The Kier molecular flexibility index (Phi) is 5.74. The van der Waals surface area contributed by atoms with Crippen molar-refractivity contribution in [3.05, 3.63) is 24.3 Å². The van der Waals surface area contributed by atoms with Gasteiger partial charge in [-0.1, -0.05) is 6.07 Å². The third kappa shape index (κ3) is 4.74. The third-order valence-corrected chi connectivity index (χ3v) is 5.13. The van der Waals surface area contributed by atoms with E-state index in [1.54, 1.807) is 12.1 Å². The number of sulfonamides is 1. The molecule has 0 bridgehead atoms. The zero-order chi connectivity index (χ0) is 17.0. The molecule has 2 rings (SSSR count). The second-order valence-electron chi connectivity index (χ2n) is 5.86. The maximum Gasteiger partial charge on any atom is 0.241 e. The standard InChI is InChI=1S/C15H24N4O3S/c1-11(19-8-4-6-13(10-19)17-2)15(20)18-12-5-3-7-14(9-12)23(16,21)22/h3,5,7,9,11,13,17H,4,6,8,10H2,1-2H3,(H,18,20)(H2,16,21,22).